The van der Waals surface area contributed by atoms with Crippen LogP contribution in [-0.4, -0.2) is 25.8 Å². The summed E-state index contributed by atoms with van der Waals surface area (Å²) in [4.78, 5) is 0. The average molecular weight is 235 g/mol. The lowest BCUT2D eigenvalue weighted by Gasteiger charge is -2.17. The van der Waals surface area contributed by atoms with Crippen LogP contribution < -0.4 is 14.8 Å². The van der Waals surface area contributed by atoms with E-state index >= 15 is 0 Å². The van der Waals surface area contributed by atoms with Crippen LogP contribution in [0, 0.1) is 13.8 Å². The molecule has 1 aromatic rings. The van der Waals surface area contributed by atoms with E-state index in [0.717, 1.165) is 37.6 Å². The number of hydrogen-bond acceptors (Lipinski definition) is 3. The fourth-order valence-corrected chi connectivity index (χ4v) is 1.96. The van der Waals surface area contributed by atoms with Gasteiger partial charge in [-0.15, -0.1) is 0 Å². The molecule has 1 aliphatic heterocycles. The van der Waals surface area contributed by atoms with Crippen molar-refractivity contribution in [1.29, 1.82) is 0 Å². The first kappa shape index (κ1) is 12.2. The molecule has 1 heterocycles. The van der Waals surface area contributed by atoms with Crippen molar-refractivity contribution in [3.63, 3.8) is 0 Å². The zero-order valence-electron chi connectivity index (χ0n) is 10.9. The maximum absolute atomic E-state index is 6.01. The molecule has 1 atom stereocenters. The molecule has 0 bridgehead atoms. The number of rotatable bonds is 3. The van der Waals surface area contributed by atoms with E-state index in [1.165, 1.54) is 11.1 Å². The van der Waals surface area contributed by atoms with Crippen molar-refractivity contribution in [2.24, 2.45) is 0 Å². The second-order valence-corrected chi connectivity index (χ2v) is 4.57. The molecule has 17 heavy (non-hydrogen) atoms. The molecule has 0 saturated heterocycles. The average Bonchev–Trinajstić information content (AvgIpc) is 2.49. The molecule has 3 nitrogen and oxygen atoms in total. The SMILES string of the molecule is CCNCC1CCOc2cc(C)c(C)cc2O1. The van der Waals surface area contributed by atoms with Crippen molar-refractivity contribution in [2.45, 2.75) is 33.3 Å². The van der Waals surface area contributed by atoms with Gasteiger partial charge in [-0.05, 0) is 43.7 Å². The highest BCUT2D eigenvalue weighted by Crippen LogP contribution is 2.33. The smallest absolute Gasteiger partial charge is 0.161 e. The third-order valence-electron chi connectivity index (χ3n) is 3.17. The molecule has 1 unspecified atom stereocenters. The zero-order valence-corrected chi connectivity index (χ0v) is 10.9. The van der Waals surface area contributed by atoms with E-state index in [0.29, 0.717) is 0 Å². The van der Waals surface area contributed by atoms with Crippen molar-refractivity contribution in [3.8, 4) is 11.5 Å². The maximum atomic E-state index is 6.01. The van der Waals surface area contributed by atoms with E-state index in [4.69, 9.17) is 9.47 Å². The summed E-state index contributed by atoms with van der Waals surface area (Å²) >= 11 is 0. The highest BCUT2D eigenvalue weighted by Gasteiger charge is 2.18. The highest BCUT2D eigenvalue weighted by atomic mass is 16.5. The van der Waals surface area contributed by atoms with Gasteiger partial charge in [0.25, 0.3) is 0 Å². The molecule has 2 rings (SSSR count). The van der Waals surface area contributed by atoms with Crippen LogP contribution in [0.1, 0.15) is 24.5 Å². The molecular formula is C14H21NO2. The molecule has 0 amide bonds. The van der Waals surface area contributed by atoms with Crippen LogP contribution in [0.25, 0.3) is 0 Å². The van der Waals surface area contributed by atoms with E-state index in [-0.39, 0.29) is 6.10 Å². The third-order valence-corrected chi connectivity index (χ3v) is 3.17. The summed E-state index contributed by atoms with van der Waals surface area (Å²) in [7, 11) is 0. The van der Waals surface area contributed by atoms with Gasteiger partial charge in [-0.3, -0.25) is 0 Å². The molecule has 0 fully saturated rings. The summed E-state index contributed by atoms with van der Waals surface area (Å²) in [5.41, 5.74) is 2.49. The van der Waals surface area contributed by atoms with E-state index in [1.807, 2.05) is 0 Å². The Morgan fingerprint density at radius 1 is 1.24 bits per heavy atom. The Morgan fingerprint density at radius 2 is 1.94 bits per heavy atom. The number of aryl methyl sites for hydroxylation is 2. The van der Waals surface area contributed by atoms with E-state index in [9.17, 15) is 0 Å². The lowest BCUT2D eigenvalue weighted by molar-refractivity contribution is 0.188. The number of fused-ring (bicyclic) bond motifs is 1. The first-order valence-corrected chi connectivity index (χ1v) is 6.32. The Balaban J connectivity index is 2.16. The zero-order chi connectivity index (χ0) is 12.3. The van der Waals surface area contributed by atoms with Crippen LogP contribution in [0.4, 0.5) is 0 Å². The molecule has 94 valence electrons. The molecule has 0 aromatic heterocycles. The quantitative estimate of drug-likeness (QED) is 0.873. The molecule has 1 aromatic carbocycles. The monoisotopic (exact) mass is 235 g/mol. The largest absolute Gasteiger partial charge is 0.490 e. The Morgan fingerprint density at radius 3 is 2.65 bits per heavy atom. The van der Waals surface area contributed by atoms with Gasteiger partial charge in [-0.2, -0.15) is 0 Å². The standard InChI is InChI=1S/C14H21NO2/c1-4-15-9-12-5-6-16-13-7-10(2)11(3)8-14(13)17-12/h7-8,12,15H,4-6,9H2,1-3H3. The molecule has 0 radical (unpaired) electrons. The maximum Gasteiger partial charge on any atom is 0.161 e. The molecule has 0 aliphatic carbocycles. The molecule has 3 heteroatoms. The van der Waals surface area contributed by atoms with E-state index < -0.39 is 0 Å². The van der Waals surface area contributed by atoms with Crippen molar-refractivity contribution in [3.05, 3.63) is 23.3 Å². The lowest BCUT2D eigenvalue weighted by atomic mass is 10.1. The van der Waals surface area contributed by atoms with Gasteiger partial charge in [-0.1, -0.05) is 6.92 Å². The first-order chi connectivity index (χ1) is 8.20. The fourth-order valence-electron chi connectivity index (χ4n) is 1.96. The minimum Gasteiger partial charge on any atom is -0.490 e. The summed E-state index contributed by atoms with van der Waals surface area (Å²) in [6, 6.07) is 4.15. The topological polar surface area (TPSA) is 30.5 Å². The predicted octanol–water partition coefficient (Wildman–Crippen LogP) is 2.44. The van der Waals surface area contributed by atoms with Crippen LogP contribution in [0.2, 0.25) is 0 Å². The molecule has 0 spiro atoms. The predicted molar refractivity (Wildman–Crippen MR) is 69.0 cm³/mol. The van der Waals surface area contributed by atoms with Gasteiger partial charge >= 0.3 is 0 Å². The summed E-state index contributed by atoms with van der Waals surface area (Å²) in [5, 5.41) is 3.32. The van der Waals surface area contributed by atoms with Gasteiger partial charge < -0.3 is 14.8 Å². The van der Waals surface area contributed by atoms with Crippen LogP contribution >= 0.6 is 0 Å². The Hall–Kier alpha value is -1.22. The van der Waals surface area contributed by atoms with Gasteiger partial charge in [-0.25, -0.2) is 0 Å². The second-order valence-electron chi connectivity index (χ2n) is 4.57. The normalized spacial score (nSPS) is 18.9. The fraction of sp³-hybridized carbons (Fsp3) is 0.571. The highest BCUT2D eigenvalue weighted by molar-refractivity contribution is 5.47. The summed E-state index contributed by atoms with van der Waals surface area (Å²) in [6.07, 6.45) is 1.14. The van der Waals surface area contributed by atoms with E-state index in [2.05, 4.69) is 38.2 Å². The molecule has 1 N–H and O–H groups in total. The van der Waals surface area contributed by atoms with Crippen LogP contribution in [0.15, 0.2) is 12.1 Å². The summed E-state index contributed by atoms with van der Waals surface area (Å²) < 4.78 is 11.7. The molecule has 0 saturated carbocycles. The lowest BCUT2D eigenvalue weighted by Crippen LogP contribution is -2.31. The number of ether oxygens (including phenoxy) is 2. The van der Waals surface area contributed by atoms with Crippen molar-refractivity contribution < 1.29 is 9.47 Å². The van der Waals surface area contributed by atoms with Gasteiger partial charge in [0.2, 0.25) is 0 Å². The minimum atomic E-state index is 0.207. The summed E-state index contributed by atoms with van der Waals surface area (Å²) in [6.45, 7) is 8.89. The van der Waals surface area contributed by atoms with Gasteiger partial charge in [0.05, 0.1) is 6.61 Å². The first-order valence-electron chi connectivity index (χ1n) is 6.32. The Labute approximate surface area is 103 Å². The number of benzene rings is 1. The molecular weight excluding hydrogens is 214 g/mol. The Kier molecular flexibility index (Phi) is 3.89. The van der Waals surface area contributed by atoms with Gasteiger partial charge in [0, 0.05) is 13.0 Å². The van der Waals surface area contributed by atoms with Crippen molar-refractivity contribution >= 4 is 0 Å². The number of likely N-dealkylation sites (N-methyl/N-ethyl adjacent to an activating group) is 1. The second kappa shape index (κ2) is 5.41. The van der Waals surface area contributed by atoms with Crippen molar-refractivity contribution in [2.75, 3.05) is 19.7 Å². The molecule has 1 aliphatic rings. The summed E-state index contributed by atoms with van der Waals surface area (Å²) in [5.74, 6) is 1.76. The number of hydrogen-bond donors (Lipinski definition) is 1. The minimum absolute atomic E-state index is 0.207. The van der Waals surface area contributed by atoms with E-state index in [1.54, 1.807) is 0 Å². The number of nitrogens with one attached hydrogen (secondary N) is 1. The Bertz CT molecular complexity index is 390. The van der Waals surface area contributed by atoms with Crippen LogP contribution in [0.5, 0.6) is 11.5 Å². The third kappa shape index (κ3) is 2.91. The van der Waals surface area contributed by atoms with Crippen molar-refractivity contribution in [1.82, 2.24) is 5.32 Å². The van der Waals surface area contributed by atoms with Crippen LogP contribution in [0.3, 0.4) is 0 Å². The van der Waals surface area contributed by atoms with Gasteiger partial charge in [0.1, 0.15) is 6.10 Å². The van der Waals surface area contributed by atoms with Crippen LogP contribution in [-0.2, 0) is 0 Å². The van der Waals surface area contributed by atoms with Gasteiger partial charge in [0.15, 0.2) is 11.5 Å².